The van der Waals surface area contributed by atoms with E-state index in [4.69, 9.17) is 35.1 Å². The summed E-state index contributed by atoms with van der Waals surface area (Å²) in [6.45, 7) is 0. The van der Waals surface area contributed by atoms with Crippen molar-refractivity contribution in [1.29, 1.82) is 0 Å². The number of hydrogen-bond donors (Lipinski definition) is 0. The molecule has 0 fully saturated rings. The molecule has 0 heterocycles. The first-order valence-corrected chi connectivity index (χ1v) is 7.25. The molecular weight excluding hydrogens is 388 g/mol. The molecule has 0 radical (unpaired) electrons. The molecule has 0 aromatic heterocycles. The summed E-state index contributed by atoms with van der Waals surface area (Å²) in [6.07, 6.45) is 0. The second kappa shape index (κ2) is 12.0. The van der Waals surface area contributed by atoms with E-state index >= 15 is 0 Å². The minimum Gasteiger partial charge on any atom is -0.563 e. The number of hydrogen-bond acceptors (Lipinski definition) is 6. The molecule has 0 aliphatic heterocycles. The normalized spacial score (nSPS) is 11.6. The predicted octanol–water partition coefficient (Wildman–Crippen LogP) is 2.10. The van der Waals surface area contributed by atoms with Crippen LogP contribution in [0.25, 0.3) is 0 Å². The van der Waals surface area contributed by atoms with Crippen molar-refractivity contribution in [2.45, 2.75) is 4.52 Å². The van der Waals surface area contributed by atoms with Crippen LogP contribution in [0.4, 0.5) is 0 Å². The second-order valence-electron chi connectivity index (χ2n) is 2.49. The van der Waals surface area contributed by atoms with E-state index in [0.29, 0.717) is 5.56 Å². The number of halogens is 3. The molecule has 6 nitrogen and oxygen atoms in total. The van der Waals surface area contributed by atoms with E-state index in [0.717, 1.165) is 0 Å². The molecule has 12 heteroatoms. The minimum absolute atomic E-state index is 0. The van der Waals surface area contributed by atoms with Crippen LogP contribution in [0.1, 0.15) is 5.56 Å². The van der Waals surface area contributed by atoms with Crippen LogP contribution in [0.15, 0.2) is 30.3 Å². The minimum atomic E-state index is -3.24. The third kappa shape index (κ3) is 11.7. The Morgan fingerprint density at radius 2 is 1.47 bits per heavy atom. The molecule has 19 heavy (non-hydrogen) atoms. The maximum absolute atomic E-state index is 9.24. The average Bonchev–Trinajstić information content (AvgIpc) is 2.29. The molecule has 2 atom stereocenters. The SMILES string of the molecule is ClOC(Cl)(Cl)c1ccccc1.O=[P+]([O-])O[P+](=O)[O-].[Ca+2]. The van der Waals surface area contributed by atoms with Gasteiger partial charge in [-0.25, -0.2) is 4.29 Å². The Bertz CT molecular complexity index is 395. The van der Waals surface area contributed by atoms with E-state index in [9.17, 15) is 18.9 Å². The van der Waals surface area contributed by atoms with Gasteiger partial charge in [-0.2, -0.15) is 0 Å². The van der Waals surface area contributed by atoms with Crippen molar-refractivity contribution in [3.8, 4) is 0 Å². The van der Waals surface area contributed by atoms with Crippen molar-refractivity contribution >= 4 is 89.3 Å². The first-order valence-electron chi connectivity index (χ1n) is 3.99. The van der Waals surface area contributed by atoms with Gasteiger partial charge in [0.1, 0.15) is 4.31 Å². The zero-order valence-electron chi connectivity index (χ0n) is 9.07. The standard InChI is InChI=1S/C7H5Cl3O.Ca.O5P2/c8-7(9,11-10)6-4-2-1-3-5-6;;1-6(2)5-7(3)4/h1-5H;;/q;+2;. The number of benzene rings is 1. The fourth-order valence-electron chi connectivity index (χ4n) is 0.731. The van der Waals surface area contributed by atoms with Gasteiger partial charge in [-0.3, -0.25) is 0 Å². The molecule has 0 amide bonds. The van der Waals surface area contributed by atoms with Gasteiger partial charge in [-0.1, -0.05) is 53.5 Å². The van der Waals surface area contributed by atoms with Gasteiger partial charge >= 0.3 is 54.2 Å². The topological polar surface area (TPSA) is 98.7 Å². The molecule has 0 aliphatic rings. The summed E-state index contributed by atoms with van der Waals surface area (Å²) in [5, 5.41) is 0. The molecule has 0 saturated carbocycles. The van der Waals surface area contributed by atoms with E-state index in [1.54, 1.807) is 24.3 Å². The van der Waals surface area contributed by atoms with Gasteiger partial charge in [0.15, 0.2) is 0 Å². The van der Waals surface area contributed by atoms with Gasteiger partial charge in [0.05, 0.1) is 11.9 Å². The van der Waals surface area contributed by atoms with Crippen molar-refractivity contribution in [1.82, 2.24) is 0 Å². The number of alkyl halides is 2. The van der Waals surface area contributed by atoms with Crippen molar-refractivity contribution in [3.05, 3.63) is 35.9 Å². The molecule has 100 valence electrons. The molecule has 1 aromatic rings. The fraction of sp³-hybridized carbons (Fsp3) is 0.143. The molecule has 0 spiro atoms. The third-order valence-corrected chi connectivity index (χ3v) is 3.39. The zero-order chi connectivity index (χ0) is 14.2. The quantitative estimate of drug-likeness (QED) is 0.441. The zero-order valence-corrected chi connectivity index (χ0v) is 15.3. The van der Waals surface area contributed by atoms with Crippen molar-refractivity contribution in [2.75, 3.05) is 0 Å². The summed E-state index contributed by atoms with van der Waals surface area (Å²) in [7, 11) is -6.47. The van der Waals surface area contributed by atoms with E-state index in [-0.39, 0.29) is 37.7 Å². The fourth-order valence-corrected chi connectivity index (χ4v) is 1.51. The molecule has 0 aliphatic carbocycles. The molecule has 0 saturated heterocycles. The van der Waals surface area contributed by atoms with Crippen LogP contribution in [0.3, 0.4) is 0 Å². The Morgan fingerprint density at radius 1 is 1.05 bits per heavy atom. The summed E-state index contributed by atoms with van der Waals surface area (Å²) in [5.74, 6) is 0. The van der Waals surface area contributed by atoms with Crippen LogP contribution in [0.5, 0.6) is 0 Å². The second-order valence-corrected chi connectivity index (χ2v) is 5.45. The Balaban J connectivity index is 0. The van der Waals surface area contributed by atoms with Crippen LogP contribution in [0, 0.1) is 0 Å². The molecule has 1 rings (SSSR count). The summed E-state index contributed by atoms with van der Waals surface area (Å²) < 4.78 is 24.5. The van der Waals surface area contributed by atoms with Crippen molar-refractivity contribution in [3.63, 3.8) is 0 Å². The summed E-state index contributed by atoms with van der Waals surface area (Å²) >= 11 is 16.4. The van der Waals surface area contributed by atoms with Gasteiger partial charge in [0.25, 0.3) is 4.52 Å². The summed E-state index contributed by atoms with van der Waals surface area (Å²) in [6, 6.07) is 8.89. The Kier molecular flexibility index (Phi) is 14.3. The first-order chi connectivity index (χ1) is 8.29. The van der Waals surface area contributed by atoms with Crippen LogP contribution in [-0.4, -0.2) is 37.7 Å². The Morgan fingerprint density at radius 3 is 1.74 bits per heavy atom. The van der Waals surface area contributed by atoms with E-state index in [1.807, 2.05) is 6.07 Å². The predicted molar refractivity (Wildman–Crippen MR) is 68.8 cm³/mol. The van der Waals surface area contributed by atoms with Crippen molar-refractivity contribution in [2.24, 2.45) is 0 Å². The van der Waals surface area contributed by atoms with Gasteiger partial charge in [-0.15, -0.1) is 0 Å². The molecule has 0 N–H and O–H groups in total. The summed E-state index contributed by atoms with van der Waals surface area (Å²) in [5.41, 5.74) is 0.610. The largest absolute Gasteiger partial charge is 2.00 e. The van der Waals surface area contributed by atoms with Gasteiger partial charge < -0.3 is 9.79 Å². The van der Waals surface area contributed by atoms with Crippen LogP contribution in [-0.2, 0) is 22.2 Å². The maximum atomic E-state index is 9.24. The third-order valence-electron chi connectivity index (χ3n) is 1.34. The maximum Gasteiger partial charge on any atom is 2.00 e. The van der Waals surface area contributed by atoms with E-state index in [2.05, 4.69) is 8.60 Å². The average molecular weight is 393 g/mol. The van der Waals surface area contributed by atoms with Gasteiger partial charge in [-0.05, 0) is 9.13 Å². The van der Waals surface area contributed by atoms with Crippen LogP contribution >= 0.6 is 51.6 Å². The van der Waals surface area contributed by atoms with E-state index in [1.165, 1.54) is 0 Å². The van der Waals surface area contributed by atoms with Crippen molar-refractivity contribution < 1.29 is 27.5 Å². The number of rotatable bonds is 4. The van der Waals surface area contributed by atoms with Crippen LogP contribution in [0.2, 0.25) is 0 Å². The van der Waals surface area contributed by atoms with Gasteiger partial charge in [0.2, 0.25) is 0 Å². The summed E-state index contributed by atoms with van der Waals surface area (Å²) in [4.78, 5) is 18.5. The first kappa shape index (κ1) is 22.7. The monoisotopic (exact) mass is 392 g/mol. The van der Waals surface area contributed by atoms with Gasteiger partial charge in [0, 0.05) is 5.56 Å². The molecule has 1 aromatic carbocycles. The van der Waals surface area contributed by atoms with E-state index < -0.39 is 21.0 Å². The molecule has 2 unspecified atom stereocenters. The smallest absolute Gasteiger partial charge is 0.563 e. The molecular formula is C7H5CaCl3O6P2+2. The Hall–Kier alpha value is 1.39. The Labute approximate surface area is 156 Å². The molecule has 0 bridgehead atoms. The van der Waals surface area contributed by atoms with Crippen LogP contribution < -0.4 is 9.79 Å².